The fourth-order valence-electron chi connectivity index (χ4n) is 1.36. The first-order valence-corrected chi connectivity index (χ1v) is 4.55. The molecule has 0 bridgehead atoms. The molecule has 0 saturated carbocycles. The quantitative estimate of drug-likeness (QED) is 0.860. The van der Waals surface area contributed by atoms with Crippen LogP contribution in [0.4, 0.5) is 13.2 Å². The molecule has 0 aromatic heterocycles. The zero-order valence-electron chi connectivity index (χ0n) is 8.78. The average Bonchev–Trinajstić information content (AvgIpc) is 2.26. The van der Waals surface area contributed by atoms with Crippen LogP contribution in [0.25, 0.3) is 0 Å². The number of alkyl halides is 3. The van der Waals surface area contributed by atoms with Crippen LogP contribution in [0.5, 0.6) is 5.75 Å². The Balaban J connectivity index is 3.44. The summed E-state index contributed by atoms with van der Waals surface area (Å²) in [5, 5.41) is 17.7. The molecule has 0 radical (unpaired) electrons. The van der Waals surface area contributed by atoms with Gasteiger partial charge in [0.2, 0.25) is 0 Å². The number of nitrogens with two attached hydrogens (primary N) is 1. The van der Waals surface area contributed by atoms with Crippen LogP contribution < -0.4 is 10.5 Å². The number of nitrogens with zero attached hydrogens (tertiary/aromatic N) is 1. The molecule has 0 atom stereocenters. The molecular formula is C10H7F3N2O3. The highest BCUT2D eigenvalue weighted by Crippen LogP contribution is 2.30. The molecule has 0 aliphatic rings. The highest BCUT2D eigenvalue weighted by molar-refractivity contribution is 5.93. The second-order valence-electron chi connectivity index (χ2n) is 3.14. The normalized spacial score (nSPS) is 10.8. The summed E-state index contributed by atoms with van der Waals surface area (Å²) in [7, 11) is 0. The fourth-order valence-corrected chi connectivity index (χ4v) is 1.36. The van der Waals surface area contributed by atoms with Gasteiger partial charge in [0, 0.05) is 6.54 Å². The molecular weight excluding hydrogens is 253 g/mol. The molecule has 1 aromatic carbocycles. The largest absolute Gasteiger partial charge is 0.573 e. The number of carbonyl (C=O) groups is 1. The van der Waals surface area contributed by atoms with Crippen molar-refractivity contribution in [1.29, 1.82) is 5.26 Å². The van der Waals surface area contributed by atoms with Gasteiger partial charge < -0.3 is 15.6 Å². The number of aromatic carboxylic acids is 1. The lowest BCUT2D eigenvalue weighted by atomic mass is 10.0. The minimum atomic E-state index is -5.01. The Labute approximate surface area is 99.2 Å². The number of hydrogen-bond donors (Lipinski definition) is 2. The van der Waals surface area contributed by atoms with Crippen molar-refractivity contribution in [3.63, 3.8) is 0 Å². The molecule has 0 heterocycles. The van der Waals surface area contributed by atoms with Gasteiger partial charge in [-0.3, -0.25) is 0 Å². The van der Waals surface area contributed by atoms with E-state index in [-0.39, 0.29) is 12.1 Å². The molecule has 0 aliphatic heterocycles. The van der Waals surface area contributed by atoms with Crippen molar-refractivity contribution in [2.75, 3.05) is 0 Å². The van der Waals surface area contributed by atoms with Gasteiger partial charge in [0.15, 0.2) is 0 Å². The number of ether oxygens (including phenoxy) is 1. The van der Waals surface area contributed by atoms with E-state index in [0.717, 1.165) is 12.1 Å². The zero-order valence-corrected chi connectivity index (χ0v) is 8.78. The Morgan fingerprint density at radius 3 is 2.50 bits per heavy atom. The molecule has 0 spiro atoms. The zero-order chi connectivity index (χ0) is 13.9. The number of halogens is 3. The summed E-state index contributed by atoms with van der Waals surface area (Å²) in [5.74, 6) is -2.40. The molecule has 3 N–H and O–H groups in total. The van der Waals surface area contributed by atoms with E-state index in [1.165, 1.54) is 6.07 Å². The van der Waals surface area contributed by atoms with Crippen LogP contribution in [0.3, 0.4) is 0 Å². The fraction of sp³-hybridized carbons (Fsp3) is 0.200. The average molecular weight is 260 g/mol. The molecule has 8 heteroatoms. The molecule has 0 aliphatic carbocycles. The lowest BCUT2D eigenvalue weighted by Crippen LogP contribution is -2.19. The van der Waals surface area contributed by atoms with Crippen molar-refractivity contribution in [1.82, 2.24) is 0 Å². The predicted molar refractivity (Wildman–Crippen MR) is 52.7 cm³/mol. The third-order valence-corrected chi connectivity index (χ3v) is 2.02. The van der Waals surface area contributed by atoms with E-state index in [2.05, 4.69) is 4.74 Å². The number of hydrogen-bond acceptors (Lipinski definition) is 4. The van der Waals surface area contributed by atoms with Crippen molar-refractivity contribution in [3.8, 4) is 11.8 Å². The maximum atomic E-state index is 12.1. The second kappa shape index (κ2) is 4.93. The standard InChI is InChI=1S/C10H7F3N2O3/c11-10(12,13)18-7-2-1-5(3-14)8(9(16)17)6(7)4-15/h1-2H,3,14H2,(H,16,17). The van der Waals surface area contributed by atoms with Gasteiger partial charge in [0.25, 0.3) is 0 Å². The molecule has 0 unspecified atom stereocenters. The summed E-state index contributed by atoms with van der Waals surface area (Å²) >= 11 is 0. The lowest BCUT2D eigenvalue weighted by Gasteiger charge is -2.13. The van der Waals surface area contributed by atoms with Crippen LogP contribution in [0, 0.1) is 11.3 Å². The molecule has 0 fully saturated rings. The van der Waals surface area contributed by atoms with Crippen LogP contribution >= 0.6 is 0 Å². The smallest absolute Gasteiger partial charge is 0.478 e. The summed E-state index contributed by atoms with van der Waals surface area (Å²) in [6.45, 7) is -0.220. The van der Waals surface area contributed by atoms with Crippen molar-refractivity contribution in [2.45, 2.75) is 12.9 Å². The summed E-state index contributed by atoms with van der Waals surface area (Å²) < 4.78 is 39.8. The Morgan fingerprint density at radius 2 is 2.11 bits per heavy atom. The number of carboxylic acid groups (broad SMARTS) is 1. The van der Waals surface area contributed by atoms with Crippen LogP contribution in [-0.2, 0) is 6.54 Å². The molecule has 0 amide bonds. The van der Waals surface area contributed by atoms with Crippen molar-refractivity contribution >= 4 is 5.97 Å². The second-order valence-corrected chi connectivity index (χ2v) is 3.14. The van der Waals surface area contributed by atoms with E-state index in [1.54, 1.807) is 0 Å². The van der Waals surface area contributed by atoms with Gasteiger partial charge in [0.1, 0.15) is 17.4 Å². The molecule has 1 aromatic rings. The monoisotopic (exact) mass is 260 g/mol. The number of benzene rings is 1. The van der Waals surface area contributed by atoms with Crippen molar-refractivity contribution < 1.29 is 27.8 Å². The van der Waals surface area contributed by atoms with Crippen LogP contribution in [0.15, 0.2) is 12.1 Å². The van der Waals surface area contributed by atoms with E-state index in [4.69, 9.17) is 16.1 Å². The minimum absolute atomic E-state index is 0.0496. The SMILES string of the molecule is N#Cc1c(OC(F)(F)F)ccc(CN)c1C(=O)O. The van der Waals surface area contributed by atoms with Gasteiger partial charge in [-0.1, -0.05) is 6.07 Å². The third-order valence-electron chi connectivity index (χ3n) is 2.02. The van der Waals surface area contributed by atoms with Crippen LogP contribution in [0.1, 0.15) is 21.5 Å². The van der Waals surface area contributed by atoms with Gasteiger partial charge in [-0.15, -0.1) is 13.2 Å². The van der Waals surface area contributed by atoms with E-state index in [0.29, 0.717) is 0 Å². The first-order chi connectivity index (χ1) is 8.30. The van der Waals surface area contributed by atoms with E-state index in [9.17, 15) is 18.0 Å². The molecule has 0 saturated heterocycles. The van der Waals surface area contributed by atoms with Crippen LogP contribution in [0.2, 0.25) is 0 Å². The third kappa shape index (κ3) is 2.89. The summed E-state index contributed by atoms with van der Waals surface area (Å²) in [4.78, 5) is 10.9. The summed E-state index contributed by atoms with van der Waals surface area (Å²) in [6, 6.07) is 3.32. The molecule has 5 nitrogen and oxygen atoms in total. The summed E-state index contributed by atoms with van der Waals surface area (Å²) in [6.07, 6.45) is -5.01. The predicted octanol–water partition coefficient (Wildman–Crippen LogP) is 1.61. The van der Waals surface area contributed by atoms with Crippen molar-refractivity contribution in [3.05, 3.63) is 28.8 Å². The van der Waals surface area contributed by atoms with Gasteiger partial charge in [-0.25, -0.2) is 4.79 Å². The maximum Gasteiger partial charge on any atom is 0.573 e. The van der Waals surface area contributed by atoms with E-state index in [1.807, 2.05) is 0 Å². The first kappa shape index (κ1) is 13.8. The molecule has 1 rings (SSSR count). The topological polar surface area (TPSA) is 96.3 Å². The minimum Gasteiger partial charge on any atom is -0.478 e. The molecule has 96 valence electrons. The first-order valence-electron chi connectivity index (χ1n) is 4.55. The Bertz CT molecular complexity index is 520. The van der Waals surface area contributed by atoms with Gasteiger partial charge in [-0.2, -0.15) is 5.26 Å². The van der Waals surface area contributed by atoms with E-state index >= 15 is 0 Å². The summed E-state index contributed by atoms with van der Waals surface area (Å²) in [5.41, 5.74) is 4.02. The highest BCUT2D eigenvalue weighted by atomic mass is 19.4. The number of carboxylic acids is 1. The Morgan fingerprint density at radius 1 is 1.50 bits per heavy atom. The van der Waals surface area contributed by atoms with Gasteiger partial charge >= 0.3 is 12.3 Å². The number of rotatable bonds is 3. The van der Waals surface area contributed by atoms with Gasteiger partial charge in [0.05, 0.1) is 5.56 Å². The highest BCUT2D eigenvalue weighted by Gasteiger charge is 2.33. The molecule has 18 heavy (non-hydrogen) atoms. The van der Waals surface area contributed by atoms with Crippen LogP contribution in [-0.4, -0.2) is 17.4 Å². The van der Waals surface area contributed by atoms with E-state index < -0.39 is 29.2 Å². The Hall–Kier alpha value is -2.27. The van der Waals surface area contributed by atoms with Gasteiger partial charge in [-0.05, 0) is 11.6 Å². The number of nitriles is 1. The Kier molecular flexibility index (Phi) is 3.78. The maximum absolute atomic E-state index is 12.1. The lowest BCUT2D eigenvalue weighted by molar-refractivity contribution is -0.274. The van der Waals surface area contributed by atoms with Crippen molar-refractivity contribution in [2.24, 2.45) is 5.73 Å².